The Morgan fingerprint density at radius 2 is 2.20 bits per heavy atom. The first kappa shape index (κ1) is 15.7. The minimum absolute atomic E-state index is 0. The molecule has 0 aromatic heterocycles. The van der Waals surface area contributed by atoms with Gasteiger partial charge < -0.3 is 10.2 Å². The Hall–Kier alpha value is -0.650. The molecule has 1 spiro atoms. The van der Waals surface area contributed by atoms with Crippen molar-refractivity contribution in [2.24, 2.45) is 5.41 Å². The summed E-state index contributed by atoms with van der Waals surface area (Å²) in [6, 6.07) is 4.25. The number of nitrogens with zero attached hydrogens (tertiary/aromatic N) is 1. The van der Waals surface area contributed by atoms with E-state index in [9.17, 15) is 9.18 Å². The molecule has 0 saturated carbocycles. The zero-order valence-electron chi connectivity index (χ0n) is 11.0. The Morgan fingerprint density at radius 3 is 2.90 bits per heavy atom. The molecule has 0 aliphatic carbocycles. The average molecular weight is 364 g/mol. The van der Waals surface area contributed by atoms with Crippen molar-refractivity contribution in [3.05, 3.63) is 34.1 Å². The van der Waals surface area contributed by atoms with Gasteiger partial charge in [-0.2, -0.15) is 0 Å². The van der Waals surface area contributed by atoms with Crippen LogP contribution in [0.3, 0.4) is 0 Å². The number of amides is 1. The molecule has 0 bridgehead atoms. The second kappa shape index (κ2) is 6.00. The summed E-state index contributed by atoms with van der Waals surface area (Å²) >= 11 is 3.33. The van der Waals surface area contributed by atoms with Gasteiger partial charge in [-0.05, 0) is 53.5 Å². The van der Waals surface area contributed by atoms with Crippen molar-refractivity contribution in [2.75, 3.05) is 26.2 Å². The van der Waals surface area contributed by atoms with E-state index in [2.05, 4.69) is 21.2 Å². The first-order valence-corrected chi connectivity index (χ1v) is 7.34. The van der Waals surface area contributed by atoms with Crippen LogP contribution >= 0.6 is 28.3 Å². The molecule has 3 nitrogen and oxygen atoms in total. The van der Waals surface area contributed by atoms with Gasteiger partial charge in [0, 0.05) is 29.5 Å². The van der Waals surface area contributed by atoms with Gasteiger partial charge in [0.25, 0.3) is 5.91 Å². The molecule has 110 valence electrons. The molecule has 1 aromatic carbocycles. The molecule has 2 heterocycles. The van der Waals surface area contributed by atoms with Crippen LogP contribution in [0.15, 0.2) is 22.7 Å². The Bertz CT molecular complexity index is 520. The fourth-order valence-electron chi connectivity index (χ4n) is 3.08. The zero-order chi connectivity index (χ0) is 13.5. The lowest BCUT2D eigenvalue weighted by Crippen LogP contribution is -2.33. The predicted molar refractivity (Wildman–Crippen MR) is 81.8 cm³/mol. The van der Waals surface area contributed by atoms with Crippen LogP contribution in [0, 0.1) is 11.2 Å². The monoisotopic (exact) mass is 362 g/mol. The van der Waals surface area contributed by atoms with Gasteiger partial charge in [-0.3, -0.25) is 4.79 Å². The van der Waals surface area contributed by atoms with Crippen LogP contribution in [-0.4, -0.2) is 37.0 Å². The number of rotatable bonds is 1. The van der Waals surface area contributed by atoms with Gasteiger partial charge in [0.05, 0.1) is 5.56 Å². The maximum atomic E-state index is 13.3. The second-order valence-corrected chi connectivity index (χ2v) is 6.38. The third-order valence-electron chi connectivity index (χ3n) is 4.22. The first-order valence-electron chi connectivity index (χ1n) is 6.55. The lowest BCUT2D eigenvalue weighted by Gasteiger charge is -2.23. The maximum absolute atomic E-state index is 13.3. The number of nitrogens with one attached hydrogen (secondary N) is 1. The summed E-state index contributed by atoms with van der Waals surface area (Å²) < 4.78 is 13.9. The van der Waals surface area contributed by atoms with Gasteiger partial charge in [-0.1, -0.05) is 0 Å². The number of hydrogen-bond donors (Lipinski definition) is 1. The largest absolute Gasteiger partial charge is 0.338 e. The minimum atomic E-state index is -0.372. The molecule has 3 rings (SSSR count). The molecule has 1 unspecified atom stereocenters. The van der Waals surface area contributed by atoms with Gasteiger partial charge in [-0.15, -0.1) is 12.4 Å². The molecule has 0 radical (unpaired) electrons. The van der Waals surface area contributed by atoms with Crippen molar-refractivity contribution in [1.82, 2.24) is 10.2 Å². The first-order chi connectivity index (χ1) is 9.10. The summed E-state index contributed by atoms with van der Waals surface area (Å²) in [5, 5.41) is 3.37. The van der Waals surface area contributed by atoms with Crippen LogP contribution in [-0.2, 0) is 0 Å². The van der Waals surface area contributed by atoms with Crippen molar-refractivity contribution < 1.29 is 9.18 Å². The summed E-state index contributed by atoms with van der Waals surface area (Å²) in [6.45, 7) is 3.57. The molecule has 6 heteroatoms. The second-order valence-electron chi connectivity index (χ2n) is 5.53. The van der Waals surface area contributed by atoms with Crippen molar-refractivity contribution in [3.8, 4) is 0 Å². The van der Waals surface area contributed by atoms with Gasteiger partial charge in [-0.25, -0.2) is 4.39 Å². The highest BCUT2D eigenvalue weighted by Gasteiger charge is 2.42. The lowest BCUT2D eigenvalue weighted by atomic mass is 9.86. The Labute approximate surface area is 132 Å². The third kappa shape index (κ3) is 2.85. The summed E-state index contributed by atoms with van der Waals surface area (Å²) in [6.07, 6.45) is 2.17. The van der Waals surface area contributed by atoms with E-state index in [1.165, 1.54) is 12.1 Å². The van der Waals surface area contributed by atoms with Crippen LogP contribution in [0.25, 0.3) is 0 Å². The number of hydrogen-bond acceptors (Lipinski definition) is 2. The predicted octanol–water partition coefficient (Wildman–Crippen LogP) is 2.84. The van der Waals surface area contributed by atoms with E-state index in [0.29, 0.717) is 10.0 Å². The van der Waals surface area contributed by atoms with Gasteiger partial charge in [0.2, 0.25) is 0 Å². The van der Waals surface area contributed by atoms with E-state index in [0.717, 1.165) is 39.0 Å². The Morgan fingerprint density at radius 1 is 1.40 bits per heavy atom. The lowest BCUT2D eigenvalue weighted by molar-refractivity contribution is 0.0774. The number of benzene rings is 1. The maximum Gasteiger partial charge on any atom is 0.255 e. The van der Waals surface area contributed by atoms with Gasteiger partial charge in [0.15, 0.2) is 0 Å². The molecular formula is C14H17BrClFN2O. The number of halogens is 3. The van der Waals surface area contributed by atoms with Gasteiger partial charge >= 0.3 is 0 Å². The molecule has 1 N–H and O–H groups in total. The van der Waals surface area contributed by atoms with Crippen molar-refractivity contribution in [1.29, 1.82) is 0 Å². The smallest absolute Gasteiger partial charge is 0.255 e. The third-order valence-corrected chi connectivity index (χ3v) is 4.91. The normalized spacial score (nSPS) is 25.0. The molecule has 1 atom stereocenters. The quantitative estimate of drug-likeness (QED) is 0.832. The van der Waals surface area contributed by atoms with E-state index in [1.807, 2.05) is 4.90 Å². The molecule has 2 fully saturated rings. The number of carbonyl (C=O) groups is 1. The molecule has 2 aliphatic heterocycles. The van der Waals surface area contributed by atoms with Crippen LogP contribution in [0.5, 0.6) is 0 Å². The number of likely N-dealkylation sites (tertiary alicyclic amines) is 1. The van der Waals surface area contributed by atoms with Crippen LogP contribution in [0.1, 0.15) is 23.2 Å². The van der Waals surface area contributed by atoms with Gasteiger partial charge in [0.1, 0.15) is 5.82 Å². The van der Waals surface area contributed by atoms with Crippen molar-refractivity contribution in [3.63, 3.8) is 0 Å². The SMILES string of the molecule is Cl.O=C(c1cc(F)ccc1Br)N1CCC2(CCNC2)C1. The molecule has 2 aliphatic rings. The highest BCUT2D eigenvalue weighted by atomic mass is 79.9. The summed E-state index contributed by atoms with van der Waals surface area (Å²) in [4.78, 5) is 14.3. The van der Waals surface area contributed by atoms with E-state index < -0.39 is 0 Å². The van der Waals surface area contributed by atoms with E-state index in [1.54, 1.807) is 6.07 Å². The highest BCUT2D eigenvalue weighted by Crippen LogP contribution is 2.37. The van der Waals surface area contributed by atoms with E-state index in [4.69, 9.17) is 0 Å². The Kier molecular flexibility index (Phi) is 4.72. The number of carbonyl (C=O) groups excluding carboxylic acids is 1. The molecule has 2 saturated heterocycles. The fourth-order valence-corrected chi connectivity index (χ4v) is 3.50. The van der Waals surface area contributed by atoms with Crippen LogP contribution in [0.2, 0.25) is 0 Å². The average Bonchev–Trinajstić information content (AvgIpc) is 3.03. The molecule has 1 aromatic rings. The molecule has 1 amide bonds. The zero-order valence-corrected chi connectivity index (χ0v) is 13.4. The molecular weight excluding hydrogens is 347 g/mol. The van der Waals surface area contributed by atoms with E-state index >= 15 is 0 Å². The molecule has 20 heavy (non-hydrogen) atoms. The van der Waals surface area contributed by atoms with E-state index in [-0.39, 0.29) is 29.5 Å². The highest BCUT2D eigenvalue weighted by molar-refractivity contribution is 9.10. The summed E-state index contributed by atoms with van der Waals surface area (Å²) in [5.74, 6) is -0.446. The minimum Gasteiger partial charge on any atom is -0.338 e. The van der Waals surface area contributed by atoms with Crippen LogP contribution in [0.4, 0.5) is 4.39 Å². The topological polar surface area (TPSA) is 32.3 Å². The Balaban J connectivity index is 0.00000147. The van der Waals surface area contributed by atoms with Crippen molar-refractivity contribution in [2.45, 2.75) is 12.8 Å². The van der Waals surface area contributed by atoms with Crippen LogP contribution < -0.4 is 5.32 Å². The summed E-state index contributed by atoms with van der Waals surface area (Å²) in [5.41, 5.74) is 0.665. The van der Waals surface area contributed by atoms with Crippen molar-refractivity contribution >= 4 is 34.2 Å². The fraction of sp³-hybridized carbons (Fsp3) is 0.500. The standard InChI is InChI=1S/C14H16BrFN2O.ClH/c15-12-2-1-10(16)7-11(12)13(19)18-6-4-14(9-18)3-5-17-8-14;/h1-2,7,17H,3-6,8-9H2;1H. The summed E-state index contributed by atoms with van der Waals surface area (Å²) in [7, 11) is 0.